The van der Waals surface area contributed by atoms with Crippen LogP contribution in [0, 0.1) is 0 Å². The molecule has 9 heteroatoms. The molecule has 0 unspecified atom stereocenters. The van der Waals surface area contributed by atoms with Crippen molar-refractivity contribution < 1.29 is 0 Å². The van der Waals surface area contributed by atoms with Crippen molar-refractivity contribution in [1.82, 2.24) is 10.3 Å². The summed E-state index contributed by atoms with van der Waals surface area (Å²) in [6, 6.07) is 11.7. The number of nitrogens with zero attached hydrogens (tertiary/aromatic N) is 1. The number of nitrogens with one attached hydrogen (secondary N) is 1. The van der Waals surface area contributed by atoms with E-state index in [4.69, 9.17) is 52.1 Å². The first-order valence-corrected chi connectivity index (χ1v) is 11.1. The molecule has 1 aliphatic carbocycles. The van der Waals surface area contributed by atoms with Crippen LogP contribution in [-0.4, -0.2) is 11.0 Å². The first-order chi connectivity index (χ1) is 13.9. The molecule has 2 aromatic carbocycles. The fraction of sp³-hybridized carbons (Fsp3) is 0.318. The SMILES string of the molecule is Cl.Cl.NC1(c2ccnc3cc(Cl)ccc23)CCC(NCc2c(Cl)ccc(Cl)c2Cl)CC1. The zero-order valence-electron chi connectivity index (χ0n) is 16.5. The molecule has 4 rings (SSSR count). The molecule has 0 atom stereocenters. The second-order valence-corrected chi connectivity index (χ2v) is 9.28. The summed E-state index contributed by atoms with van der Waals surface area (Å²) >= 11 is 24.9. The third kappa shape index (κ3) is 5.72. The molecule has 3 nitrogen and oxygen atoms in total. The average molecular weight is 542 g/mol. The van der Waals surface area contributed by atoms with Gasteiger partial charge in [-0.3, -0.25) is 4.98 Å². The fourth-order valence-corrected chi connectivity index (χ4v) is 4.99. The minimum Gasteiger partial charge on any atom is -0.321 e. The van der Waals surface area contributed by atoms with Crippen LogP contribution in [0.4, 0.5) is 0 Å². The summed E-state index contributed by atoms with van der Waals surface area (Å²) in [4.78, 5) is 4.44. The molecule has 0 saturated heterocycles. The molecule has 3 aromatic rings. The van der Waals surface area contributed by atoms with Crippen molar-refractivity contribution in [2.24, 2.45) is 5.73 Å². The lowest BCUT2D eigenvalue weighted by atomic mass is 9.74. The Balaban J connectivity index is 0.00000171. The van der Waals surface area contributed by atoms with Gasteiger partial charge < -0.3 is 11.1 Å². The third-order valence-corrected chi connectivity index (χ3v) is 7.26. The minimum atomic E-state index is -0.376. The van der Waals surface area contributed by atoms with E-state index in [2.05, 4.69) is 10.3 Å². The van der Waals surface area contributed by atoms with E-state index in [0.29, 0.717) is 32.7 Å². The van der Waals surface area contributed by atoms with Crippen LogP contribution in [-0.2, 0) is 12.1 Å². The van der Waals surface area contributed by atoms with Gasteiger partial charge in [0, 0.05) is 45.3 Å². The van der Waals surface area contributed by atoms with Crippen LogP contribution in [0.3, 0.4) is 0 Å². The molecule has 0 radical (unpaired) electrons. The highest BCUT2D eigenvalue weighted by Crippen LogP contribution is 2.39. The standard InChI is InChI=1S/C22H21Cl4N3.2ClH/c23-13-1-2-15-17(7-10-28-20(15)11-13)22(27)8-5-14(6-9-22)29-12-16-18(24)3-4-19(25)21(16)26;;/h1-4,7,10-11,14,29H,5-6,8-9,12,27H2;2*1H. The van der Waals surface area contributed by atoms with E-state index in [1.165, 1.54) is 0 Å². The minimum absolute atomic E-state index is 0. The van der Waals surface area contributed by atoms with E-state index in [0.717, 1.165) is 47.7 Å². The predicted molar refractivity (Wildman–Crippen MR) is 138 cm³/mol. The van der Waals surface area contributed by atoms with Crippen LogP contribution >= 0.6 is 71.2 Å². The van der Waals surface area contributed by atoms with Crippen LogP contribution in [0.5, 0.6) is 0 Å². The molecule has 168 valence electrons. The second kappa shape index (κ2) is 11.1. The Labute approximate surface area is 214 Å². The highest BCUT2D eigenvalue weighted by atomic mass is 35.5. The van der Waals surface area contributed by atoms with Crippen molar-refractivity contribution in [2.45, 2.75) is 43.8 Å². The lowest BCUT2D eigenvalue weighted by molar-refractivity contribution is 0.252. The van der Waals surface area contributed by atoms with Gasteiger partial charge in [0.25, 0.3) is 0 Å². The number of fused-ring (bicyclic) bond motifs is 1. The molecule has 1 fully saturated rings. The third-order valence-electron chi connectivity index (χ3n) is 5.83. The van der Waals surface area contributed by atoms with E-state index in [1.54, 1.807) is 12.1 Å². The van der Waals surface area contributed by atoms with E-state index in [1.807, 2.05) is 30.5 Å². The summed E-state index contributed by atoms with van der Waals surface area (Å²) in [5.41, 5.74) is 9.35. The highest BCUT2D eigenvalue weighted by Gasteiger charge is 2.34. The summed E-state index contributed by atoms with van der Waals surface area (Å²) < 4.78 is 0. The molecule has 31 heavy (non-hydrogen) atoms. The van der Waals surface area contributed by atoms with Gasteiger partial charge in [0.2, 0.25) is 0 Å². The quantitative estimate of drug-likeness (QED) is 0.335. The van der Waals surface area contributed by atoms with Crippen molar-refractivity contribution in [3.05, 3.63) is 73.8 Å². The number of benzene rings is 2. The van der Waals surface area contributed by atoms with Gasteiger partial charge in [-0.2, -0.15) is 0 Å². The number of hydrogen-bond donors (Lipinski definition) is 2. The summed E-state index contributed by atoms with van der Waals surface area (Å²) in [5, 5.41) is 6.97. The predicted octanol–water partition coefficient (Wildman–Crippen LogP) is 7.58. The Bertz CT molecular complexity index is 1050. The van der Waals surface area contributed by atoms with Gasteiger partial charge in [0.1, 0.15) is 0 Å². The van der Waals surface area contributed by atoms with Crippen molar-refractivity contribution in [3.63, 3.8) is 0 Å². The molecule has 0 aliphatic heterocycles. The largest absolute Gasteiger partial charge is 0.321 e. The molecule has 0 amide bonds. The maximum Gasteiger partial charge on any atom is 0.0720 e. The molecule has 1 aliphatic rings. The molecular weight excluding hydrogens is 519 g/mol. The first-order valence-electron chi connectivity index (χ1n) is 9.57. The van der Waals surface area contributed by atoms with E-state index >= 15 is 0 Å². The number of aromatic nitrogens is 1. The summed E-state index contributed by atoms with van der Waals surface area (Å²) in [5.74, 6) is 0. The number of pyridine rings is 1. The van der Waals surface area contributed by atoms with E-state index in [-0.39, 0.29) is 30.4 Å². The lowest BCUT2D eigenvalue weighted by Crippen LogP contribution is -2.45. The maximum atomic E-state index is 6.87. The Morgan fingerprint density at radius 3 is 2.35 bits per heavy atom. The number of rotatable bonds is 4. The maximum absolute atomic E-state index is 6.87. The summed E-state index contributed by atoms with van der Waals surface area (Å²) in [6.07, 6.45) is 5.50. The topological polar surface area (TPSA) is 50.9 Å². The molecule has 1 saturated carbocycles. The lowest BCUT2D eigenvalue weighted by Gasteiger charge is -2.38. The van der Waals surface area contributed by atoms with Crippen LogP contribution in [0.2, 0.25) is 20.1 Å². The van der Waals surface area contributed by atoms with Crippen molar-refractivity contribution in [1.29, 1.82) is 0 Å². The summed E-state index contributed by atoms with van der Waals surface area (Å²) in [7, 11) is 0. The number of hydrogen-bond acceptors (Lipinski definition) is 3. The van der Waals surface area contributed by atoms with Gasteiger partial charge in [0.05, 0.1) is 15.6 Å². The van der Waals surface area contributed by atoms with Crippen molar-refractivity contribution >= 4 is 82.1 Å². The molecule has 3 N–H and O–H groups in total. The van der Waals surface area contributed by atoms with Crippen LogP contribution in [0.15, 0.2) is 42.6 Å². The molecule has 0 spiro atoms. The Morgan fingerprint density at radius 2 is 1.65 bits per heavy atom. The van der Waals surface area contributed by atoms with Gasteiger partial charge in [0.15, 0.2) is 0 Å². The summed E-state index contributed by atoms with van der Waals surface area (Å²) in [6.45, 7) is 0.581. The van der Waals surface area contributed by atoms with Crippen LogP contribution in [0.1, 0.15) is 36.8 Å². The van der Waals surface area contributed by atoms with Crippen molar-refractivity contribution in [3.8, 4) is 0 Å². The normalized spacial score (nSPS) is 20.7. The van der Waals surface area contributed by atoms with Crippen LogP contribution in [0.25, 0.3) is 10.9 Å². The number of halogens is 6. The van der Waals surface area contributed by atoms with E-state index < -0.39 is 0 Å². The number of nitrogens with two attached hydrogens (primary N) is 1. The zero-order valence-corrected chi connectivity index (χ0v) is 21.2. The van der Waals surface area contributed by atoms with Gasteiger partial charge >= 0.3 is 0 Å². The Hall–Kier alpha value is -0.490. The van der Waals surface area contributed by atoms with Gasteiger partial charge in [-0.05, 0) is 61.6 Å². The van der Waals surface area contributed by atoms with Crippen LogP contribution < -0.4 is 11.1 Å². The first kappa shape index (κ1) is 26.8. The second-order valence-electron chi connectivity index (χ2n) is 7.65. The van der Waals surface area contributed by atoms with E-state index in [9.17, 15) is 0 Å². The Kier molecular flexibility index (Phi) is 9.57. The van der Waals surface area contributed by atoms with Gasteiger partial charge in [-0.25, -0.2) is 0 Å². The smallest absolute Gasteiger partial charge is 0.0720 e. The zero-order chi connectivity index (χ0) is 20.6. The van der Waals surface area contributed by atoms with Gasteiger partial charge in [-0.15, -0.1) is 24.8 Å². The monoisotopic (exact) mass is 539 g/mol. The molecule has 1 heterocycles. The Morgan fingerprint density at radius 1 is 0.968 bits per heavy atom. The van der Waals surface area contributed by atoms with Gasteiger partial charge in [-0.1, -0.05) is 52.5 Å². The highest BCUT2D eigenvalue weighted by molar-refractivity contribution is 6.44. The fourth-order valence-electron chi connectivity index (χ4n) is 4.14. The van der Waals surface area contributed by atoms with Crippen molar-refractivity contribution in [2.75, 3.05) is 0 Å². The molecular formula is C22H23Cl6N3. The average Bonchev–Trinajstić information content (AvgIpc) is 2.71. The molecule has 1 aromatic heterocycles. The molecule has 0 bridgehead atoms.